The Morgan fingerprint density at radius 1 is 0.902 bits per heavy atom. The van der Waals surface area contributed by atoms with E-state index in [-0.39, 0.29) is 24.8 Å². The van der Waals surface area contributed by atoms with Crippen molar-refractivity contribution in [1.29, 1.82) is 0 Å². The van der Waals surface area contributed by atoms with Gasteiger partial charge in [0.25, 0.3) is 0 Å². The summed E-state index contributed by atoms with van der Waals surface area (Å²) >= 11 is 0. The van der Waals surface area contributed by atoms with Gasteiger partial charge in [-0.25, -0.2) is 12.8 Å². The topological polar surface area (TPSA) is 86.8 Å². The van der Waals surface area contributed by atoms with Gasteiger partial charge in [-0.05, 0) is 53.3 Å². The largest absolute Gasteiger partial charge is 0.354 e. The van der Waals surface area contributed by atoms with Crippen LogP contribution >= 0.6 is 0 Å². The molecule has 0 heterocycles. The average Bonchev–Trinajstić information content (AvgIpc) is 2.94. The summed E-state index contributed by atoms with van der Waals surface area (Å²) in [5.74, 6) is -1.03. The van der Waals surface area contributed by atoms with Crippen LogP contribution in [0.15, 0.2) is 78.9 Å². The van der Waals surface area contributed by atoms with Gasteiger partial charge in [-0.3, -0.25) is 13.9 Å². The standard InChI is InChI=1S/C32H40FN3O4S/c1-5-6-20-34-32(38)30(21-25-10-8-7-9-11-25)35(22-26-12-16-28(33)17-13-26)31(37)23-36(41(4,39)40)29-18-14-27(15-19-29)24(2)3/h7-19,24,30H,5-6,20-23H2,1-4H3,(H,34,38). The molecule has 1 atom stereocenters. The predicted molar refractivity (Wildman–Crippen MR) is 162 cm³/mol. The first kappa shape index (κ1) is 31.8. The normalized spacial score (nSPS) is 12.1. The minimum absolute atomic E-state index is 0.00169. The second kappa shape index (κ2) is 14.8. The summed E-state index contributed by atoms with van der Waals surface area (Å²) in [4.78, 5) is 29.0. The number of rotatable bonds is 14. The molecule has 2 amide bonds. The van der Waals surface area contributed by atoms with Gasteiger partial charge in [0.2, 0.25) is 21.8 Å². The third-order valence-corrected chi connectivity index (χ3v) is 8.03. The van der Waals surface area contributed by atoms with Gasteiger partial charge in [-0.15, -0.1) is 0 Å². The summed E-state index contributed by atoms with van der Waals surface area (Å²) in [5.41, 5.74) is 2.87. The third kappa shape index (κ3) is 9.42. The fourth-order valence-corrected chi connectivity index (χ4v) is 5.34. The SMILES string of the molecule is CCCCNC(=O)C(Cc1ccccc1)N(Cc1ccc(F)cc1)C(=O)CN(c1ccc(C(C)C)cc1)S(C)(=O)=O. The molecule has 3 rings (SSSR count). The monoisotopic (exact) mass is 581 g/mol. The van der Waals surface area contributed by atoms with E-state index >= 15 is 0 Å². The summed E-state index contributed by atoms with van der Waals surface area (Å²) in [6.07, 6.45) is 2.96. The van der Waals surface area contributed by atoms with Crippen molar-refractivity contribution in [3.63, 3.8) is 0 Å². The Morgan fingerprint density at radius 3 is 2.10 bits per heavy atom. The van der Waals surface area contributed by atoms with Crippen molar-refractivity contribution in [3.8, 4) is 0 Å². The van der Waals surface area contributed by atoms with E-state index < -0.39 is 34.3 Å². The van der Waals surface area contributed by atoms with Crippen LogP contribution in [0.1, 0.15) is 56.2 Å². The molecule has 41 heavy (non-hydrogen) atoms. The summed E-state index contributed by atoms with van der Waals surface area (Å²) in [6.45, 7) is 6.07. The maximum atomic E-state index is 14.1. The van der Waals surface area contributed by atoms with Crippen molar-refractivity contribution >= 4 is 27.5 Å². The van der Waals surface area contributed by atoms with Gasteiger partial charge in [0.15, 0.2) is 0 Å². The number of amides is 2. The molecule has 0 saturated carbocycles. The Kier molecular flexibility index (Phi) is 11.5. The molecule has 220 valence electrons. The molecule has 7 nitrogen and oxygen atoms in total. The maximum Gasteiger partial charge on any atom is 0.244 e. The molecule has 3 aromatic carbocycles. The van der Waals surface area contributed by atoms with Crippen LogP contribution in [0.2, 0.25) is 0 Å². The first-order valence-electron chi connectivity index (χ1n) is 13.9. The predicted octanol–water partition coefficient (Wildman–Crippen LogP) is 5.27. The van der Waals surface area contributed by atoms with Gasteiger partial charge < -0.3 is 10.2 Å². The van der Waals surface area contributed by atoms with Crippen LogP contribution in [0, 0.1) is 5.82 Å². The highest BCUT2D eigenvalue weighted by molar-refractivity contribution is 7.92. The van der Waals surface area contributed by atoms with Gasteiger partial charge in [-0.2, -0.15) is 0 Å². The Hall–Kier alpha value is -3.72. The molecule has 0 radical (unpaired) electrons. The number of halogens is 1. The van der Waals surface area contributed by atoms with Crippen LogP contribution in [-0.4, -0.2) is 50.5 Å². The van der Waals surface area contributed by atoms with Crippen molar-refractivity contribution in [1.82, 2.24) is 10.2 Å². The van der Waals surface area contributed by atoms with Crippen molar-refractivity contribution in [2.45, 2.75) is 58.5 Å². The van der Waals surface area contributed by atoms with Gasteiger partial charge in [-0.1, -0.05) is 81.8 Å². The van der Waals surface area contributed by atoms with E-state index in [1.807, 2.05) is 63.2 Å². The fourth-order valence-electron chi connectivity index (χ4n) is 4.49. The van der Waals surface area contributed by atoms with E-state index in [0.717, 1.165) is 34.5 Å². The molecule has 1 N–H and O–H groups in total. The Bertz CT molecular complexity index is 1380. The lowest BCUT2D eigenvalue weighted by atomic mass is 10.0. The highest BCUT2D eigenvalue weighted by atomic mass is 32.2. The first-order valence-corrected chi connectivity index (χ1v) is 15.8. The summed E-state index contributed by atoms with van der Waals surface area (Å²) in [5, 5.41) is 2.94. The Morgan fingerprint density at radius 2 is 1.54 bits per heavy atom. The van der Waals surface area contributed by atoms with Crippen LogP contribution in [0.25, 0.3) is 0 Å². The Labute approximate surface area is 243 Å². The lowest BCUT2D eigenvalue weighted by Gasteiger charge is -2.33. The smallest absolute Gasteiger partial charge is 0.244 e. The molecule has 3 aromatic rings. The van der Waals surface area contributed by atoms with Crippen molar-refractivity contribution in [2.24, 2.45) is 0 Å². The number of nitrogens with one attached hydrogen (secondary N) is 1. The van der Waals surface area contributed by atoms with E-state index in [2.05, 4.69) is 5.32 Å². The second-order valence-corrected chi connectivity index (χ2v) is 12.4. The molecule has 0 aliphatic carbocycles. The molecule has 0 aliphatic rings. The molecule has 0 spiro atoms. The number of hydrogen-bond acceptors (Lipinski definition) is 4. The van der Waals surface area contributed by atoms with Gasteiger partial charge in [0.05, 0.1) is 11.9 Å². The number of sulfonamides is 1. The Balaban J connectivity index is 2.02. The molecule has 1 unspecified atom stereocenters. The number of nitrogens with zero attached hydrogens (tertiary/aromatic N) is 2. The molecular formula is C32H40FN3O4S. The lowest BCUT2D eigenvalue weighted by molar-refractivity contribution is -0.140. The van der Waals surface area contributed by atoms with Crippen LogP contribution in [0.4, 0.5) is 10.1 Å². The fraction of sp³-hybridized carbons (Fsp3) is 0.375. The summed E-state index contributed by atoms with van der Waals surface area (Å²) in [6, 6.07) is 21.2. The molecule has 0 aliphatic heterocycles. The molecule has 0 fully saturated rings. The number of carbonyl (C=O) groups excluding carboxylic acids is 2. The number of anilines is 1. The van der Waals surface area contributed by atoms with Crippen LogP contribution in [0.5, 0.6) is 0 Å². The molecule has 0 saturated heterocycles. The minimum atomic E-state index is -3.84. The van der Waals surface area contributed by atoms with Crippen LogP contribution in [-0.2, 0) is 32.6 Å². The van der Waals surface area contributed by atoms with E-state index in [0.29, 0.717) is 17.8 Å². The van der Waals surface area contributed by atoms with Gasteiger partial charge in [0.1, 0.15) is 18.4 Å². The quantitative estimate of drug-likeness (QED) is 0.263. The molecule has 0 bridgehead atoms. The summed E-state index contributed by atoms with van der Waals surface area (Å²) in [7, 11) is -3.84. The molecular weight excluding hydrogens is 541 g/mol. The number of unbranched alkanes of at least 4 members (excludes halogenated alkanes) is 1. The second-order valence-electron chi connectivity index (χ2n) is 10.5. The van der Waals surface area contributed by atoms with Crippen molar-refractivity contribution in [3.05, 3.63) is 101 Å². The summed E-state index contributed by atoms with van der Waals surface area (Å²) < 4.78 is 40.6. The number of benzene rings is 3. The molecule has 0 aromatic heterocycles. The minimum Gasteiger partial charge on any atom is -0.354 e. The zero-order chi connectivity index (χ0) is 30.0. The van der Waals surface area contributed by atoms with Gasteiger partial charge >= 0.3 is 0 Å². The van der Waals surface area contributed by atoms with Crippen LogP contribution in [0.3, 0.4) is 0 Å². The highest BCUT2D eigenvalue weighted by Crippen LogP contribution is 2.23. The zero-order valence-corrected chi connectivity index (χ0v) is 25.0. The third-order valence-electron chi connectivity index (χ3n) is 6.89. The maximum absolute atomic E-state index is 14.1. The van der Waals surface area contributed by atoms with Gasteiger partial charge in [0, 0.05) is 19.5 Å². The average molecular weight is 582 g/mol. The van der Waals surface area contributed by atoms with Crippen molar-refractivity contribution < 1.29 is 22.4 Å². The van der Waals surface area contributed by atoms with E-state index in [1.165, 1.54) is 17.0 Å². The van der Waals surface area contributed by atoms with Crippen LogP contribution < -0.4 is 9.62 Å². The lowest BCUT2D eigenvalue weighted by Crippen LogP contribution is -2.53. The van der Waals surface area contributed by atoms with E-state index in [9.17, 15) is 22.4 Å². The van der Waals surface area contributed by atoms with E-state index in [4.69, 9.17) is 0 Å². The van der Waals surface area contributed by atoms with Crippen molar-refractivity contribution in [2.75, 3.05) is 23.7 Å². The highest BCUT2D eigenvalue weighted by Gasteiger charge is 2.33. The number of hydrogen-bond donors (Lipinski definition) is 1. The zero-order valence-electron chi connectivity index (χ0n) is 24.2. The first-order chi connectivity index (χ1) is 19.5. The number of carbonyl (C=O) groups is 2. The van der Waals surface area contributed by atoms with E-state index in [1.54, 1.807) is 24.3 Å². The molecule has 9 heteroatoms.